The van der Waals surface area contributed by atoms with Crippen LogP contribution in [0.15, 0.2) is 152 Å². The maximum atomic E-state index is 2.44. The van der Waals surface area contributed by atoms with Crippen molar-refractivity contribution in [3.63, 3.8) is 0 Å². The Balaban J connectivity index is 1.78. The lowest BCUT2D eigenvalue weighted by atomic mass is 9.69. The van der Waals surface area contributed by atoms with E-state index in [-0.39, 0.29) is 5.41 Å². The zero-order chi connectivity index (χ0) is 22.3. The fourth-order valence-electron chi connectivity index (χ4n) is 4.73. The van der Waals surface area contributed by atoms with Crippen LogP contribution in [-0.4, -0.2) is 6.54 Å². The molecule has 5 rings (SSSR count). The predicted octanol–water partition coefficient (Wildman–Crippen LogP) is 7.86. The first kappa shape index (κ1) is 20.8. The van der Waals surface area contributed by atoms with Crippen LogP contribution in [0.25, 0.3) is 0 Å². The van der Waals surface area contributed by atoms with Crippen LogP contribution < -0.4 is 4.90 Å². The Morgan fingerprint density at radius 2 is 0.636 bits per heavy atom. The molecule has 0 N–H and O–H groups in total. The third-order valence-electron chi connectivity index (χ3n) is 6.33. The average Bonchev–Trinajstić information content (AvgIpc) is 2.92. The first-order chi connectivity index (χ1) is 16.4. The average molecular weight is 426 g/mol. The molecular weight excluding hydrogens is 398 g/mol. The summed E-state index contributed by atoms with van der Waals surface area (Å²) in [7, 11) is 0. The topological polar surface area (TPSA) is 3.24 Å². The second-order valence-corrected chi connectivity index (χ2v) is 8.26. The van der Waals surface area contributed by atoms with Crippen molar-refractivity contribution in [2.24, 2.45) is 0 Å². The molecule has 0 radical (unpaired) electrons. The number of para-hydroxylation sites is 2. The maximum absolute atomic E-state index is 2.44. The van der Waals surface area contributed by atoms with Crippen molar-refractivity contribution in [2.75, 3.05) is 11.4 Å². The first-order valence-electron chi connectivity index (χ1n) is 11.4. The fraction of sp³-hybridized carbons (Fsp3) is 0.0625. The second-order valence-electron chi connectivity index (χ2n) is 8.26. The highest BCUT2D eigenvalue weighted by Crippen LogP contribution is 2.42. The van der Waals surface area contributed by atoms with Crippen LogP contribution in [0.3, 0.4) is 0 Å². The number of rotatable bonds is 7. The summed E-state index contributed by atoms with van der Waals surface area (Å²) in [5.41, 5.74) is 5.82. The van der Waals surface area contributed by atoms with Crippen LogP contribution in [-0.2, 0) is 5.41 Å². The monoisotopic (exact) mass is 425 g/mol. The molecule has 0 aromatic heterocycles. The lowest BCUT2D eigenvalue weighted by Gasteiger charge is -2.41. The molecule has 0 atom stereocenters. The van der Waals surface area contributed by atoms with Crippen LogP contribution in [0.4, 0.5) is 11.4 Å². The van der Waals surface area contributed by atoms with Crippen molar-refractivity contribution in [3.8, 4) is 0 Å². The minimum atomic E-state index is -0.366. The largest absolute Gasteiger partial charge is 0.340 e. The highest BCUT2D eigenvalue weighted by Gasteiger charge is 2.38. The van der Waals surface area contributed by atoms with Crippen molar-refractivity contribution < 1.29 is 0 Å². The first-order valence-corrected chi connectivity index (χ1v) is 11.4. The number of hydrogen-bond donors (Lipinski definition) is 0. The van der Waals surface area contributed by atoms with Crippen molar-refractivity contribution in [1.82, 2.24) is 0 Å². The van der Waals surface area contributed by atoms with E-state index < -0.39 is 0 Å². The van der Waals surface area contributed by atoms with Crippen molar-refractivity contribution in [1.29, 1.82) is 0 Å². The molecule has 0 saturated heterocycles. The number of benzene rings is 5. The summed E-state index contributed by atoms with van der Waals surface area (Å²) in [6.45, 7) is 0.763. The van der Waals surface area contributed by atoms with Gasteiger partial charge >= 0.3 is 0 Å². The lowest BCUT2D eigenvalue weighted by Crippen LogP contribution is -2.41. The fourth-order valence-corrected chi connectivity index (χ4v) is 4.73. The van der Waals surface area contributed by atoms with Crippen LogP contribution in [0, 0.1) is 0 Å². The molecule has 160 valence electrons. The standard InChI is InChI=1S/C32H27N/c1-6-16-27(17-7-1)32(28-18-8-2-9-19-28,29-20-10-3-11-21-29)26-33(30-22-12-4-13-23-30)31-24-14-5-15-25-31/h1-25H,26H2. The van der Waals surface area contributed by atoms with Crippen molar-refractivity contribution in [2.45, 2.75) is 5.41 Å². The molecule has 33 heavy (non-hydrogen) atoms. The minimum Gasteiger partial charge on any atom is -0.340 e. The summed E-state index contributed by atoms with van der Waals surface area (Å²) in [5, 5.41) is 0. The van der Waals surface area contributed by atoms with Gasteiger partial charge in [-0.25, -0.2) is 0 Å². The van der Waals surface area contributed by atoms with Gasteiger partial charge < -0.3 is 4.90 Å². The Morgan fingerprint density at radius 3 is 0.939 bits per heavy atom. The number of nitrogens with zero attached hydrogens (tertiary/aromatic N) is 1. The molecule has 0 amide bonds. The predicted molar refractivity (Wildman–Crippen MR) is 139 cm³/mol. The Morgan fingerprint density at radius 1 is 0.364 bits per heavy atom. The molecular formula is C32H27N. The maximum Gasteiger partial charge on any atom is 0.0630 e. The smallest absolute Gasteiger partial charge is 0.0630 e. The second kappa shape index (κ2) is 9.58. The molecule has 0 aliphatic carbocycles. The summed E-state index contributed by atoms with van der Waals surface area (Å²) in [6.07, 6.45) is 0. The quantitative estimate of drug-likeness (QED) is 0.240. The molecule has 0 aliphatic rings. The molecule has 0 aliphatic heterocycles. The molecule has 0 unspecified atom stereocenters. The molecule has 0 heterocycles. The third kappa shape index (κ3) is 4.18. The van der Waals surface area contributed by atoms with Crippen LogP contribution in [0.1, 0.15) is 16.7 Å². The van der Waals surface area contributed by atoms with Gasteiger partial charge in [-0.3, -0.25) is 0 Å². The summed E-state index contributed by atoms with van der Waals surface area (Å²) in [6, 6.07) is 54.1. The summed E-state index contributed by atoms with van der Waals surface area (Å²) in [4.78, 5) is 2.44. The molecule has 1 nitrogen and oxygen atoms in total. The minimum absolute atomic E-state index is 0.366. The van der Waals surface area contributed by atoms with E-state index in [1.54, 1.807) is 0 Å². The van der Waals surface area contributed by atoms with Gasteiger partial charge in [0.1, 0.15) is 0 Å². The molecule has 1 heteroatoms. The third-order valence-corrected chi connectivity index (χ3v) is 6.33. The highest BCUT2D eigenvalue weighted by molar-refractivity contribution is 5.66. The van der Waals surface area contributed by atoms with Gasteiger partial charge in [0, 0.05) is 17.9 Å². The van der Waals surface area contributed by atoms with Crippen molar-refractivity contribution >= 4 is 11.4 Å². The van der Waals surface area contributed by atoms with Crippen LogP contribution in [0.2, 0.25) is 0 Å². The van der Waals surface area contributed by atoms with Gasteiger partial charge in [-0.15, -0.1) is 0 Å². The van der Waals surface area contributed by atoms with Gasteiger partial charge in [0.2, 0.25) is 0 Å². The van der Waals surface area contributed by atoms with E-state index in [9.17, 15) is 0 Å². The van der Waals surface area contributed by atoms with Gasteiger partial charge in [0.25, 0.3) is 0 Å². The van der Waals surface area contributed by atoms with Crippen molar-refractivity contribution in [3.05, 3.63) is 168 Å². The molecule has 0 fully saturated rings. The molecule has 5 aromatic rings. The normalized spacial score (nSPS) is 11.2. The van der Waals surface area contributed by atoms with E-state index in [0.717, 1.165) is 6.54 Å². The Hall–Kier alpha value is -4.10. The zero-order valence-electron chi connectivity index (χ0n) is 18.6. The lowest BCUT2D eigenvalue weighted by molar-refractivity contribution is 0.619. The summed E-state index contributed by atoms with van der Waals surface area (Å²) in [5.74, 6) is 0. The van der Waals surface area contributed by atoms with Gasteiger partial charge in [0.15, 0.2) is 0 Å². The number of anilines is 2. The van der Waals surface area contributed by atoms with Gasteiger partial charge in [0.05, 0.1) is 5.41 Å². The summed E-state index contributed by atoms with van der Waals surface area (Å²) < 4.78 is 0. The Bertz CT molecular complexity index is 1110. The van der Waals surface area contributed by atoms with E-state index in [4.69, 9.17) is 0 Å². The van der Waals surface area contributed by atoms with Gasteiger partial charge in [-0.1, -0.05) is 127 Å². The van der Waals surface area contributed by atoms with E-state index >= 15 is 0 Å². The van der Waals surface area contributed by atoms with E-state index in [2.05, 4.69) is 157 Å². The molecule has 0 saturated carbocycles. The van der Waals surface area contributed by atoms with Crippen LogP contribution >= 0.6 is 0 Å². The Labute approximate surface area is 196 Å². The van der Waals surface area contributed by atoms with Crippen LogP contribution in [0.5, 0.6) is 0 Å². The Kier molecular flexibility index (Phi) is 6.04. The van der Waals surface area contributed by atoms with E-state index in [0.29, 0.717) is 0 Å². The molecule has 0 spiro atoms. The highest BCUT2D eigenvalue weighted by atomic mass is 15.1. The SMILES string of the molecule is c1ccc(N(CC(c2ccccc2)(c2ccccc2)c2ccccc2)c2ccccc2)cc1. The van der Waals surface area contributed by atoms with Gasteiger partial charge in [-0.05, 0) is 41.0 Å². The summed E-state index contributed by atoms with van der Waals surface area (Å²) >= 11 is 0. The van der Waals surface area contributed by atoms with E-state index in [1.165, 1.54) is 28.1 Å². The number of hydrogen-bond acceptors (Lipinski definition) is 1. The zero-order valence-corrected chi connectivity index (χ0v) is 18.6. The molecule has 0 bridgehead atoms. The van der Waals surface area contributed by atoms with E-state index in [1.807, 2.05) is 0 Å². The molecule has 5 aromatic carbocycles. The van der Waals surface area contributed by atoms with Gasteiger partial charge in [-0.2, -0.15) is 0 Å².